The van der Waals surface area contributed by atoms with Crippen LogP contribution in [0.2, 0.25) is 0 Å². The van der Waals surface area contributed by atoms with Crippen molar-refractivity contribution in [3.63, 3.8) is 0 Å². The second kappa shape index (κ2) is 6.21. The van der Waals surface area contributed by atoms with Crippen molar-refractivity contribution in [1.82, 2.24) is 4.90 Å². The highest BCUT2D eigenvalue weighted by molar-refractivity contribution is 5.28. The number of β-amino-alcohol motifs (C(OH)–C–C–N with tert-alkyl or cyclic N) is 1. The van der Waals surface area contributed by atoms with E-state index in [1.54, 1.807) is 7.11 Å². The predicted octanol–water partition coefficient (Wildman–Crippen LogP) is 2.46. The van der Waals surface area contributed by atoms with Gasteiger partial charge in [-0.2, -0.15) is 0 Å². The largest absolute Gasteiger partial charge is 0.497 e. The second-order valence-electron chi connectivity index (χ2n) is 5.11. The number of nitrogens with zero attached hydrogens (tertiary/aromatic N) is 1. The van der Waals surface area contributed by atoms with Gasteiger partial charge in [-0.25, -0.2) is 0 Å². The number of benzene rings is 1. The van der Waals surface area contributed by atoms with Gasteiger partial charge in [0.25, 0.3) is 0 Å². The molecule has 0 saturated carbocycles. The van der Waals surface area contributed by atoms with Gasteiger partial charge in [-0.05, 0) is 36.6 Å². The van der Waals surface area contributed by atoms with Crippen molar-refractivity contribution in [1.29, 1.82) is 0 Å². The molecule has 1 N–H and O–H groups in total. The Morgan fingerprint density at radius 3 is 2.67 bits per heavy atom. The summed E-state index contributed by atoms with van der Waals surface area (Å²) >= 11 is 0. The Hall–Kier alpha value is -1.06. The third-order valence-corrected chi connectivity index (χ3v) is 3.88. The van der Waals surface area contributed by atoms with Crippen molar-refractivity contribution in [2.24, 2.45) is 5.92 Å². The van der Waals surface area contributed by atoms with Gasteiger partial charge in [-0.15, -0.1) is 0 Å². The van der Waals surface area contributed by atoms with E-state index in [9.17, 15) is 5.11 Å². The van der Waals surface area contributed by atoms with E-state index in [1.165, 1.54) is 12.8 Å². The summed E-state index contributed by atoms with van der Waals surface area (Å²) in [6.07, 6.45) is 2.12. The van der Waals surface area contributed by atoms with Crippen LogP contribution in [0, 0.1) is 5.92 Å². The van der Waals surface area contributed by atoms with E-state index in [-0.39, 0.29) is 0 Å². The summed E-state index contributed by atoms with van der Waals surface area (Å²) in [7, 11) is 1.65. The molecular weight excluding hydrogens is 226 g/mol. The van der Waals surface area contributed by atoms with Crippen LogP contribution in [-0.4, -0.2) is 36.8 Å². The van der Waals surface area contributed by atoms with Gasteiger partial charge in [-0.3, -0.25) is 0 Å². The molecule has 1 aliphatic heterocycles. The number of likely N-dealkylation sites (tertiary alicyclic amines) is 1. The maximum atomic E-state index is 10.2. The van der Waals surface area contributed by atoms with Crippen LogP contribution in [0.5, 0.6) is 5.75 Å². The molecule has 1 heterocycles. The lowest BCUT2D eigenvalue weighted by molar-refractivity contribution is 0.124. The van der Waals surface area contributed by atoms with Crippen molar-refractivity contribution in [3.8, 4) is 5.75 Å². The zero-order chi connectivity index (χ0) is 13.0. The van der Waals surface area contributed by atoms with Crippen LogP contribution in [-0.2, 0) is 0 Å². The molecule has 3 nitrogen and oxygen atoms in total. The lowest BCUT2D eigenvalue weighted by Crippen LogP contribution is -2.26. The highest BCUT2D eigenvalue weighted by Crippen LogP contribution is 2.23. The summed E-state index contributed by atoms with van der Waals surface area (Å²) in [6.45, 7) is 5.23. The van der Waals surface area contributed by atoms with E-state index < -0.39 is 6.10 Å². The highest BCUT2D eigenvalue weighted by atomic mass is 16.5. The third-order valence-electron chi connectivity index (χ3n) is 3.88. The Labute approximate surface area is 109 Å². The maximum Gasteiger partial charge on any atom is 0.118 e. The fourth-order valence-corrected chi connectivity index (χ4v) is 2.59. The molecule has 2 atom stereocenters. The van der Waals surface area contributed by atoms with Crippen LogP contribution in [0.15, 0.2) is 24.3 Å². The summed E-state index contributed by atoms with van der Waals surface area (Å²) < 4.78 is 5.12. The standard InChI is InChI=1S/C15H23NO2/c1-3-12-8-9-16(10-12)11-15(17)13-4-6-14(18-2)7-5-13/h4-7,12,15,17H,3,8-11H2,1-2H3. The minimum Gasteiger partial charge on any atom is -0.497 e. The first-order valence-corrected chi connectivity index (χ1v) is 6.77. The molecule has 100 valence electrons. The normalized spacial score (nSPS) is 22.1. The lowest BCUT2D eigenvalue weighted by atomic mass is 10.1. The molecule has 0 spiro atoms. The SMILES string of the molecule is CCC1CCN(CC(O)c2ccc(OC)cc2)C1. The Bertz CT molecular complexity index is 363. The van der Waals surface area contributed by atoms with Crippen LogP contribution in [0.3, 0.4) is 0 Å². The Morgan fingerprint density at radius 1 is 1.39 bits per heavy atom. The predicted molar refractivity (Wildman–Crippen MR) is 72.8 cm³/mol. The topological polar surface area (TPSA) is 32.7 Å². The van der Waals surface area contributed by atoms with Gasteiger partial charge in [0, 0.05) is 13.1 Å². The van der Waals surface area contributed by atoms with E-state index >= 15 is 0 Å². The molecule has 1 aliphatic rings. The van der Waals surface area contributed by atoms with Crippen LogP contribution in [0.4, 0.5) is 0 Å². The molecule has 1 fully saturated rings. The molecule has 0 aromatic heterocycles. The van der Waals surface area contributed by atoms with Crippen LogP contribution in [0.1, 0.15) is 31.4 Å². The van der Waals surface area contributed by atoms with Crippen LogP contribution >= 0.6 is 0 Å². The van der Waals surface area contributed by atoms with Crippen LogP contribution in [0.25, 0.3) is 0 Å². The average Bonchev–Trinajstić information content (AvgIpc) is 2.86. The number of hydrogen-bond acceptors (Lipinski definition) is 3. The van der Waals surface area contributed by atoms with Gasteiger partial charge in [0.1, 0.15) is 5.75 Å². The minimum atomic E-state index is -0.397. The van der Waals surface area contributed by atoms with Gasteiger partial charge < -0.3 is 14.7 Å². The van der Waals surface area contributed by atoms with E-state index in [4.69, 9.17) is 4.74 Å². The summed E-state index contributed by atoms with van der Waals surface area (Å²) in [5.74, 6) is 1.64. The monoisotopic (exact) mass is 249 g/mol. The first kappa shape index (κ1) is 13.4. The van der Waals surface area contributed by atoms with Crippen molar-refractivity contribution in [2.45, 2.75) is 25.9 Å². The molecule has 2 unspecified atom stereocenters. The Kier molecular flexibility index (Phi) is 4.61. The number of hydrogen-bond donors (Lipinski definition) is 1. The number of aliphatic hydroxyl groups is 1. The molecular formula is C15H23NO2. The van der Waals surface area contributed by atoms with Crippen LogP contribution < -0.4 is 4.74 Å². The quantitative estimate of drug-likeness (QED) is 0.870. The molecule has 1 aromatic rings. The van der Waals surface area contributed by atoms with E-state index in [0.29, 0.717) is 0 Å². The van der Waals surface area contributed by atoms with Crippen molar-refractivity contribution >= 4 is 0 Å². The summed E-state index contributed by atoms with van der Waals surface area (Å²) in [4.78, 5) is 2.36. The molecule has 3 heteroatoms. The number of aliphatic hydroxyl groups excluding tert-OH is 1. The molecule has 0 radical (unpaired) electrons. The van der Waals surface area contributed by atoms with E-state index in [2.05, 4.69) is 11.8 Å². The molecule has 1 aromatic carbocycles. The molecule has 0 aliphatic carbocycles. The van der Waals surface area contributed by atoms with E-state index in [0.717, 1.165) is 36.9 Å². The molecule has 2 rings (SSSR count). The average molecular weight is 249 g/mol. The van der Waals surface area contributed by atoms with Gasteiger partial charge in [0.2, 0.25) is 0 Å². The van der Waals surface area contributed by atoms with Gasteiger partial charge in [-0.1, -0.05) is 25.5 Å². The highest BCUT2D eigenvalue weighted by Gasteiger charge is 2.23. The maximum absolute atomic E-state index is 10.2. The summed E-state index contributed by atoms with van der Waals surface area (Å²) in [6, 6.07) is 7.68. The van der Waals surface area contributed by atoms with Crippen molar-refractivity contribution in [2.75, 3.05) is 26.7 Å². The molecule has 18 heavy (non-hydrogen) atoms. The summed E-state index contributed by atoms with van der Waals surface area (Å²) in [5.41, 5.74) is 0.968. The lowest BCUT2D eigenvalue weighted by Gasteiger charge is -2.20. The van der Waals surface area contributed by atoms with Gasteiger partial charge >= 0.3 is 0 Å². The fourth-order valence-electron chi connectivity index (χ4n) is 2.59. The summed E-state index contributed by atoms with van der Waals surface area (Å²) in [5, 5.41) is 10.2. The van der Waals surface area contributed by atoms with Crippen molar-refractivity contribution in [3.05, 3.63) is 29.8 Å². The first-order chi connectivity index (χ1) is 8.72. The van der Waals surface area contributed by atoms with Gasteiger partial charge in [0.05, 0.1) is 13.2 Å². The van der Waals surface area contributed by atoms with E-state index in [1.807, 2.05) is 24.3 Å². The molecule has 0 bridgehead atoms. The fraction of sp³-hybridized carbons (Fsp3) is 0.600. The Morgan fingerprint density at radius 2 is 2.11 bits per heavy atom. The number of ether oxygens (including phenoxy) is 1. The minimum absolute atomic E-state index is 0.397. The molecule has 1 saturated heterocycles. The van der Waals surface area contributed by atoms with Crippen molar-refractivity contribution < 1.29 is 9.84 Å². The van der Waals surface area contributed by atoms with Gasteiger partial charge in [0.15, 0.2) is 0 Å². The Balaban J connectivity index is 1.89. The number of rotatable bonds is 5. The zero-order valence-corrected chi connectivity index (χ0v) is 11.3. The molecule has 0 amide bonds. The zero-order valence-electron chi connectivity index (χ0n) is 11.3. The third kappa shape index (κ3) is 3.24. The first-order valence-electron chi connectivity index (χ1n) is 6.77. The smallest absolute Gasteiger partial charge is 0.118 e. The second-order valence-corrected chi connectivity index (χ2v) is 5.11. The number of methoxy groups -OCH3 is 1.